The van der Waals surface area contributed by atoms with Crippen LogP contribution in [-0.2, 0) is 6.54 Å². The molecule has 1 aromatic heterocycles. The Hall–Kier alpha value is -1.20. The Morgan fingerprint density at radius 1 is 1.47 bits per heavy atom. The second-order valence-electron chi connectivity index (χ2n) is 4.39. The number of Topliss-reactive ketones (excluding diaryl/α,β-unsaturated/α-hetero) is 1. The highest BCUT2D eigenvalue weighted by molar-refractivity contribution is 5.94. The Labute approximate surface area is 102 Å². The maximum absolute atomic E-state index is 12.1. The molecule has 2 rings (SSSR count). The lowest BCUT2D eigenvalue weighted by Crippen LogP contribution is -2.45. The third-order valence-electron chi connectivity index (χ3n) is 3.01. The second kappa shape index (κ2) is 5.93. The van der Waals surface area contributed by atoms with Gasteiger partial charge in [0.2, 0.25) is 5.78 Å². The molecule has 0 spiro atoms. The number of nitrogens with one attached hydrogen (secondary N) is 1. The van der Waals surface area contributed by atoms with Gasteiger partial charge in [-0.25, -0.2) is 4.98 Å². The Bertz CT molecular complexity index is 368. The zero-order chi connectivity index (χ0) is 12.1. The topological polar surface area (TPSA) is 50.2 Å². The number of aromatic nitrogens is 2. The van der Waals surface area contributed by atoms with E-state index in [2.05, 4.69) is 22.1 Å². The highest BCUT2D eigenvalue weighted by Crippen LogP contribution is 2.03. The highest BCUT2D eigenvalue weighted by Gasteiger charge is 2.18. The Morgan fingerprint density at radius 3 is 2.94 bits per heavy atom. The van der Waals surface area contributed by atoms with Gasteiger partial charge in [-0.1, -0.05) is 6.92 Å². The first kappa shape index (κ1) is 12.3. The van der Waals surface area contributed by atoms with Crippen molar-refractivity contribution in [2.24, 2.45) is 0 Å². The van der Waals surface area contributed by atoms with Gasteiger partial charge in [0.25, 0.3) is 0 Å². The van der Waals surface area contributed by atoms with Crippen molar-refractivity contribution in [1.82, 2.24) is 19.8 Å². The van der Waals surface area contributed by atoms with Crippen LogP contribution in [0.15, 0.2) is 12.4 Å². The molecule has 0 radical (unpaired) electrons. The number of hydrogen-bond acceptors (Lipinski definition) is 4. The van der Waals surface area contributed by atoms with Crippen LogP contribution in [0.4, 0.5) is 0 Å². The minimum Gasteiger partial charge on any atom is -0.328 e. The number of nitrogens with zero attached hydrogens (tertiary/aromatic N) is 3. The monoisotopic (exact) mass is 236 g/mol. The van der Waals surface area contributed by atoms with Crippen LogP contribution in [0, 0.1) is 0 Å². The minimum absolute atomic E-state index is 0.130. The van der Waals surface area contributed by atoms with Crippen LogP contribution in [0.2, 0.25) is 0 Å². The number of carbonyl (C=O) groups is 1. The van der Waals surface area contributed by atoms with Crippen LogP contribution in [0.3, 0.4) is 0 Å². The minimum atomic E-state index is 0.130. The fourth-order valence-corrected chi connectivity index (χ4v) is 2.13. The SMILES string of the molecule is CCCn1ccnc1C(=O)CN1CCNCC1. The lowest BCUT2D eigenvalue weighted by molar-refractivity contribution is 0.0907. The molecule has 5 nitrogen and oxygen atoms in total. The summed E-state index contributed by atoms with van der Waals surface area (Å²) < 4.78 is 1.95. The van der Waals surface area contributed by atoms with E-state index in [4.69, 9.17) is 0 Å². The van der Waals surface area contributed by atoms with Gasteiger partial charge < -0.3 is 9.88 Å². The smallest absolute Gasteiger partial charge is 0.212 e. The summed E-state index contributed by atoms with van der Waals surface area (Å²) in [7, 11) is 0. The van der Waals surface area contributed by atoms with E-state index in [1.165, 1.54) is 0 Å². The van der Waals surface area contributed by atoms with Crippen molar-refractivity contribution in [2.75, 3.05) is 32.7 Å². The summed E-state index contributed by atoms with van der Waals surface area (Å²) >= 11 is 0. The quantitative estimate of drug-likeness (QED) is 0.751. The Morgan fingerprint density at radius 2 is 2.24 bits per heavy atom. The molecule has 0 atom stereocenters. The highest BCUT2D eigenvalue weighted by atomic mass is 16.1. The summed E-state index contributed by atoms with van der Waals surface area (Å²) in [5.74, 6) is 0.732. The normalized spacial score (nSPS) is 17.2. The van der Waals surface area contributed by atoms with Crippen molar-refractivity contribution in [3.05, 3.63) is 18.2 Å². The molecule has 1 aliphatic rings. The zero-order valence-electron chi connectivity index (χ0n) is 10.4. The van der Waals surface area contributed by atoms with E-state index in [1.807, 2.05) is 10.8 Å². The Balaban J connectivity index is 1.96. The molecule has 17 heavy (non-hydrogen) atoms. The molecule has 0 amide bonds. The predicted molar refractivity (Wildman–Crippen MR) is 66.2 cm³/mol. The van der Waals surface area contributed by atoms with Gasteiger partial charge in [0, 0.05) is 45.1 Å². The van der Waals surface area contributed by atoms with Gasteiger partial charge in [-0.3, -0.25) is 9.69 Å². The van der Waals surface area contributed by atoms with Crippen molar-refractivity contribution >= 4 is 5.78 Å². The molecule has 0 bridgehead atoms. The van der Waals surface area contributed by atoms with E-state index in [0.717, 1.165) is 39.1 Å². The fraction of sp³-hybridized carbons (Fsp3) is 0.667. The molecule has 1 saturated heterocycles. The van der Waals surface area contributed by atoms with Crippen LogP contribution in [0.25, 0.3) is 0 Å². The van der Waals surface area contributed by atoms with Crippen LogP contribution < -0.4 is 5.32 Å². The standard InChI is InChI=1S/C12H20N4O/c1-2-6-16-9-5-14-12(16)11(17)10-15-7-3-13-4-8-15/h5,9,13H,2-4,6-8,10H2,1H3. The average Bonchev–Trinajstić information content (AvgIpc) is 2.79. The van der Waals surface area contributed by atoms with Crippen molar-refractivity contribution in [2.45, 2.75) is 19.9 Å². The molecule has 5 heteroatoms. The van der Waals surface area contributed by atoms with Gasteiger partial charge in [-0.15, -0.1) is 0 Å². The maximum Gasteiger partial charge on any atom is 0.212 e. The van der Waals surface area contributed by atoms with Gasteiger partial charge in [-0.05, 0) is 6.42 Å². The Kier molecular flexibility index (Phi) is 4.28. The third kappa shape index (κ3) is 3.14. The van der Waals surface area contributed by atoms with Crippen LogP contribution in [0.5, 0.6) is 0 Å². The van der Waals surface area contributed by atoms with Gasteiger partial charge in [0.15, 0.2) is 5.82 Å². The number of imidazole rings is 1. The molecular weight excluding hydrogens is 216 g/mol. The summed E-state index contributed by atoms with van der Waals surface area (Å²) in [5, 5.41) is 3.28. The van der Waals surface area contributed by atoms with E-state index >= 15 is 0 Å². The van der Waals surface area contributed by atoms with Gasteiger partial charge in [-0.2, -0.15) is 0 Å². The molecule has 1 N–H and O–H groups in total. The van der Waals surface area contributed by atoms with E-state index in [9.17, 15) is 4.79 Å². The summed E-state index contributed by atoms with van der Waals surface area (Å²) in [5.41, 5.74) is 0. The van der Waals surface area contributed by atoms with Crippen molar-refractivity contribution in [3.8, 4) is 0 Å². The third-order valence-corrected chi connectivity index (χ3v) is 3.01. The van der Waals surface area contributed by atoms with E-state index < -0.39 is 0 Å². The molecule has 1 fully saturated rings. The van der Waals surface area contributed by atoms with Crippen LogP contribution in [0.1, 0.15) is 24.0 Å². The van der Waals surface area contributed by atoms with Gasteiger partial charge in [0.1, 0.15) is 0 Å². The van der Waals surface area contributed by atoms with Crippen molar-refractivity contribution < 1.29 is 4.79 Å². The largest absolute Gasteiger partial charge is 0.328 e. The number of hydrogen-bond donors (Lipinski definition) is 1. The first-order valence-corrected chi connectivity index (χ1v) is 6.28. The van der Waals surface area contributed by atoms with Crippen molar-refractivity contribution in [3.63, 3.8) is 0 Å². The molecule has 0 aromatic carbocycles. The van der Waals surface area contributed by atoms with Gasteiger partial charge in [0.05, 0.1) is 6.54 Å². The number of ketones is 1. The lowest BCUT2D eigenvalue weighted by atomic mass is 10.3. The summed E-state index contributed by atoms with van der Waals surface area (Å²) in [6, 6.07) is 0. The molecule has 0 unspecified atom stereocenters. The number of rotatable bonds is 5. The summed E-state index contributed by atoms with van der Waals surface area (Å²) in [4.78, 5) is 18.5. The first-order valence-electron chi connectivity index (χ1n) is 6.28. The zero-order valence-corrected chi connectivity index (χ0v) is 10.4. The van der Waals surface area contributed by atoms with Crippen LogP contribution in [-0.4, -0.2) is 53.0 Å². The molecular formula is C12H20N4O. The van der Waals surface area contributed by atoms with Crippen LogP contribution >= 0.6 is 0 Å². The molecule has 0 saturated carbocycles. The number of aryl methyl sites for hydroxylation is 1. The average molecular weight is 236 g/mol. The summed E-state index contributed by atoms with van der Waals surface area (Å²) in [6.07, 6.45) is 4.61. The molecule has 1 aliphatic heterocycles. The molecule has 0 aliphatic carbocycles. The second-order valence-corrected chi connectivity index (χ2v) is 4.39. The molecule has 1 aromatic rings. The van der Waals surface area contributed by atoms with E-state index in [0.29, 0.717) is 12.4 Å². The molecule has 94 valence electrons. The van der Waals surface area contributed by atoms with Gasteiger partial charge >= 0.3 is 0 Å². The lowest BCUT2D eigenvalue weighted by Gasteiger charge is -2.26. The van der Waals surface area contributed by atoms with E-state index in [1.54, 1.807) is 6.20 Å². The van der Waals surface area contributed by atoms with E-state index in [-0.39, 0.29) is 5.78 Å². The molecule has 2 heterocycles. The van der Waals surface area contributed by atoms with Crippen molar-refractivity contribution in [1.29, 1.82) is 0 Å². The summed E-state index contributed by atoms with van der Waals surface area (Å²) in [6.45, 7) is 7.28. The first-order chi connectivity index (χ1) is 8.31. The fourth-order valence-electron chi connectivity index (χ4n) is 2.13. The number of piperazine rings is 1. The number of carbonyl (C=O) groups excluding carboxylic acids is 1. The maximum atomic E-state index is 12.1. The predicted octanol–water partition coefficient (Wildman–Crippen LogP) is 0.381.